The molecular weight excluding hydrogens is 446 g/mol. The van der Waals surface area contributed by atoms with Crippen molar-refractivity contribution in [3.63, 3.8) is 0 Å². The second-order valence-corrected chi connectivity index (χ2v) is 6.25. The van der Waals surface area contributed by atoms with E-state index in [2.05, 4.69) is 10.1 Å². The zero-order valence-electron chi connectivity index (χ0n) is 19.2. The molecule has 1 amide bonds. The second kappa shape index (κ2) is 26.8. The van der Waals surface area contributed by atoms with Gasteiger partial charge in [0.1, 0.15) is 13.2 Å². The van der Waals surface area contributed by atoms with Crippen molar-refractivity contribution in [2.75, 3.05) is 119 Å². The molecule has 3 N–H and O–H groups in total. The number of hydrogen-bond acceptors (Lipinski definition) is 11. The Morgan fingerprint density at radius 2 is 0.879 bits per heavy atom. The van der Waals surface area contributed by atoms with E-state index in [1.165, 1.54) is 0 Å². The summed E-state index contributed by atoms with van der Waals surface area (Å²) in [5, 5.41) is 19.4. The van der Waals surface area contributed by atoms with Gasteiger partial charge in [-0.25, -0.2) is 4.79 Å². The van der Waals surface area contributed by atoms with Crippen molar-refractivity contribution in [1.29, 1.82) is 0 Å². The first-order chi connectivity index (χ1) is 16.2. The Morgan fingerprint density at radius 3 is 1.24 bits per heavy atom. The number of aliphatic hydroxyl groups is 1. The molecule has 0 rings (SSSR count). The van der Waals surface area contributed by atoms with Gasteiger partial charge in [-0.1, -0.05) is 0 Å². The molecule has 0 fully saturated rings. The van der Waals surface area contributed by atoms with Crippen LogP contribution < -0.4 is 5.32 Å². The van der Waals surface area contributed by atoms with Crippen molar-refractivity contribution < 1.29 is 57.7 Å². The minimum Gasteiger partial charge on any atom is -0.480 e. The van der Waals surface area contributed by atoms with E-state index in [-0.39, 0.29) is 13.2 Å². The molecule has 0 aliphatic carbocycles. The van der Waals surface area contributed by atoms with E-state index < -0.39 is 18.5 Å². The standard InChI is InChI=1S/C20H39NO12/c22-2-4-27-6-8-29-10-12-31-14-16-32-15-13-30-11-9-28-7-5-26-3-1-21-19(23)17-33-18-20(24)25/h22H,1-18H2,(H,21,23)(H,24,25). The zero-order valence-corrected chi connectivity index (χ0v) is 19.2. The van der Waals surface area contributed by atoms with Crippen molar-refractivity contribution in [3.05, 3.63) is 0 Å². The highest BCUT2D eigenvalue weighted by molar-refractivity contribution is 5.77. The minimum atomic E-state index is -1.12. The first kappa shape index (κ1) is 31.6. The first-order valence-corrected chi connectivity index (χ1v) is 10.9. The maximum absolute atomic E-state index is 11.3. The maximum Gasteiger partial charge on any atom is 0.329 e. The number of amides is 1. The molecule has 13 nitrogen and oxygen atoms in total. The Hall–Kier alpha value is -1.42. The number of carbonyl (C=O) groups excluding carboxylic acids is 1. The average Bonchev–Trinajstić information content (AvgIpc) is 2.79. The monoisotopic (exact) mass is 485 g/mol. The van der Waals surface area contributed by atoms with Gasteiger partial charge in [0, 0.05) is 6.54 Å². The molecule has 13 heteroatoms. The van der Waals surface area contributed by atoms with Crippen LogP contribution in [0.5, 0.6) is 0 Å². The molecule has 0 aromatic rings. The highest BCUT2D eigenvalue weighted by atomic mass is 16.6. The van der Waals surface area contributed by atoms with Crippen LogP contribution in [0.2, 0.25) is 0 Å². The zero-order chi connectivity index (χ0) is 24.2. The molecule has 196 valence electrons. The van der Waals surface area contributed by atoms with E-state index in [9.17, 15) is 9.59 Å². The minimum absolute atomic E-state index is 0.0149. The first-order valence-electron chi connectivity index (χ1n) is 10.9. The van der Waals surface area contributed by atoms with Gasteiger partial charge >= 0.3 is 5.97 Å². The molecule has 0 unspecified atom stereocenters. The number of carboxylic acid groups (broad SMARTS) is 1. The topological polar surface area (TPSA) is 160 Å². The number of hydrogen-bond donors (Lipinski definition) is 3. The summed E-state index contributed by atoms with van der Waals surface area (Å²) in [4.78, 5) is 21.5. The van der Waals surface area contributed by atoms with Gasteiger partial charge in [0.2, 0.25) is 5.91 Å². The largest absolute Gasteiger partial charge is 0.480 e. The van der Waals surface area contributed by atoms with Crippen LogP contribution in [0.4, 0.5) is 0 Å². The highest BCUT2D eigenvalue weighted by Crippen LogP contribution is 1.85. The maximum atomic E-state index is 11.3. The molecule has 0 aliphatic rings. The third kappa shape index (κ3) is 28.5. The van der Waals surface area contributed by atoms with E-state index >= 15 is 0 Å². The fourth-order valence-corrected chi connectivity index (χ4v) is 2.03. The number of ether oxygens (including phenoxy) is 8. The lowest BCUT2D eigenvalue weighted by atomic mass is 10.6. The summed E-state index contributed by atoms with van der Waals surface area (Å²) in [7, 11) is 0. The van der Waals surface area contributed by atoms with Gasteiger partial charge in [-0.2, -0.15) is 0 Å². The number of rotatable bonds is 27. The summed E-state index contributed by atoms with van der Waals surface area (Å²) in [5.74, 6) is -1.52. The van der Waals surface area contributed by atoms with E-state index in [0.29, 0.717) is 99.0 Å². The molecule has 0 saturated carbocycles. The molecule has 0 spiro atoms. The number of carbonyl (C=O) groups is 2. The van der Waals surface area contributed by atoms with Crippen LogP contribution in [0.25, 0.3) is 0 Å². The quantitative estimate of drug-likeness (QED) is 0.113. The lowest BCUT2D eigenvalue weighted by Crippen LogP contribution is -2.31. The summed E-state index contributed by atoms with van der Waals surface area (Å²) in [5.41, 5.74) is 0. The Kier molecular flexibility index (Phi) is 25.7. The van der Waals surface area contributed by atoms with Crippen LogP contribution in [0.1, 0.15) is 0 Å². The van der Waals surface area contributed by atoms with Crippen LogP contribution in [0.3, 0.4) is 0 Å². The predicted octanol–water partition coefficient (Wildman–Crippen LogP) is -1.69. The van der Waals surface area contributed by atoms with Gasteiger partial charge in [-0.3, -0.25) is 4.79 Å². The molecular formula is C20H39NO12. The normalized spacial score (nSPS) is 11.1. The number of carboxylic acids is 1. The van der Waals surface area contributed by atoms with Crippen molar-refractivity contribution in [3.8, 4) is 0 Å². The summed E-state index contributed by atoms with van der Waals surface area (Å²) in [6.07, 6.45) is 0. The molecule has 0 saturated heterocycles. The summed E-state index contributed by atoms with van der Waals surface area (Å²) >= 11 is 0. The van der Waals surface area contributed by atoms with Gasteiger partial charge < -0.3 is 53.4 Å². The van der Waals surface area contributed by atoms with Crippen LogP contribution in [-0.2, 0) is 47.5 Å². The second-order valence-electron chi connectivity index (χ2n) is 6.25. The molecule has 0 bridgehead atoms. The Bertz CT molecular complexity index is 441. The number of aliphatic hydroxyl groups excluding tert-OH is 1. The van der Waals surface area contributed by atoms with Crippen LogP contribution >= 0.6 is 0 Å². The Balaban J connectivity index is 3.09. The summed E-state index contributed by atoms with van der Waals surface area (Å²) in [6.45, 7) is 5.64. The van der Waals surface area contributed by atoms with E-state index in [1.807, 2.05) is 0 Å². The Morgan fingerprint density at radius 1 is 0.515 bits per heavy atom. The fourth-order valence-electron chi connectivity index (χ4n) is 2.03. The van der Waals surface area contributed by atoms with Crippen LogP contribution in [-0.4, -0.2) is 141 Å². The summed E-state index contributed by atoms with van der Waals surface area (Å²) in [6, 6.07) is 0. The average molecular weight is 486 g/mol. The van der Waals surface area contributed by atoms with Crippen LogP contribution in [0.15, 0.2) is 0 Å². The third-order valence-corrected chi connectivity index (χ3v) is 3.49. The van der Waals surface area contributed by atoms with Crippen molar-refractivity contribution in [1.82, 2.24) is 5.32 Å². The molecule has 0 atom stereocenters. The number of nitrogens with one attached hydrogen (secondary N) is 1. The van der Waals surface area contributed by atoms with E-state index in [4.69, 9.17) is 43.4 Å². The van der Waals surface area contributed by atoms with Gasteiger partial charge in [0.25, 0.3) is 0 Å². The van der Waals surface area contributed by atoms with Gasteiger partial charge in [-0.15, -0.1) is 0 Å². The lowest BCUT2D eigenvalue weighted by Gasteiger charge is -2.08. The Labute approximate surface area is 194 Å². The lowest BCUT2D eigenvalue weighted by molar-refractivity contribution is -0.143. The number of aliphatic carboxylic acids is 1. The molecule has 0 aromatic carbocycles. The molecule has 0 heterocycles. The fraction of sp³-hybridized carbons (Fsp3) is 0.900. The third-order valence-electron chi connectivity index (χ3n) is 3.49. The van der Waals surface area contributed by atoms with Gasteiger partial charge in [-0.05, 0) is 0 Å². The molecule has 0 aromatic heterocycles. The van der Waals surface area contributed by atoms with Crippen molar-refractivity contribution in [2.45, 2.75) is 0 Å². The van der Waals surface area contributed by atoms with Crippen LogP contribution in [0, 0.1) is 0 Å². The van der Waals surface area contributed by atoms with Gasteiger partial charge in [0.15, 0.2) is 0 Å². The van der Waals surface area contributed by atoms with Gasteiger partial charge in [0.05, 0.1) is 99.1 Å². The predicted molar refractivity (Wildman–Crippen MR) is 114 cm³/mol. The van der Waals surface area contributed by atoms with Crippen molar-refractivity contribution >= 4 is 11.9 Å². The van der Waals surface area contributed by atoms with E-state index in [1.54, 1.807) is 0 Å². The molecule has 0 aliphatic heterocycles. The van der Waals surface area contributed by atoms with E-state index in [0.717, 1.165) is 0 Å². The SMILES string of the molecule is O=C(O)COCC(=O)NCCOCCOCCOCCOCCOCCOCCOCCO. The summed E-state index contributed by atoms with van der Waals surface area (Å²) < 4.78 is 41.7. The van der Waals surface area contributed by atoms with Crippen molar-refractivity contribution in [2.24, 2.45) is 0 Å². The molecule has 0 radical (unpaired) electrons. The molecule has 33 heavy (non-hydrogen) atoms. The smallest absolute Gasteiger partial charge is 0.329 e. The highest BCUT2D eigenvalue weighted by Gasteiger charge is 2.03.